The molecule has 0 atom stereocenters. The van der Waals surface area contributed by atoms with Crippen molar-refractivity contribution in [3.05, 3.63) is 152 Å². The van der Waals surface area contributed by atoms with E-state index in [0.717, 1.165) is 50.7 Å². The summed E-state index contributed by atoms with van der Waals surface area (Å²) in [5.41, 5.74) is 8.76. The molecule has 0 aliphatic rings. The number of aromatic nitrogens is 2. The Bertz CT molecular complexity index is 1800. The van der Waals surface area contributed by atoms with Crippen molar-refractivity contribution in [3.63, 3.8) is 0 Å². The maximum absolute atomic E-state index is 5.22. The number of nitrogens with zero attached hydrogens (tertiary/aromatic N) is 3. The van der Waals surface area contributed by atoms with Crippen LogP contribution in [0.2, 0.25) is 0 Å². The lowest BCUT2D eigenvalue weighted by Crippen LogP contribution is -2.09. The van der Waals surface area contributed by atoms with Crippen molar-refractivity contribution in [1.82, 2.24) is 9.38 Å². The SMILES string of the molecule is c1ccc(-c2nc(-c3ccc(N(c4ccccc4)c4ccccc4)cc3)c3ccc4ccccc4n23)cc1. The van der Waals surface area contributed by atoms with E-state index in [4.69, 9.17) is 4.98 Å². The zero-order valence-corrected chi connectivity index (χ0v) is 20.8. The van der Waals surface area contributed by atoms with E-state index in [9.17, 15) is 0 Å². The molecule has 180 valence electrons. The summed E-state index contributed by atoms with van der Waals surface area (Å²) in [4.78, 5) is 7.50. The van der Waals surface area contributed by atoms with Gasteiger partial charge in [0.2, 0.25) is 0 Å². The van der Waals surface area contributed by atoms with E-state index in [2.05, 4.69) is 143 Å². The van der Waals surface area contributed by atoms with Crippen molar-refractivity contribution in [2.45, 2.75) is 0 Å². The first-order valence-electron chi connectivity index (χ1n) is 12.8. The van der Waals surface area contributed by atoms with Gasteiger partial charge in [-0.15, -0.1) is 0 Å². The zero-order valence-electron chi connectivity index (χ0n) is 20.8. The number of rotatable bonds is 5. The first kappa shape index (κ1) is 22.1. The van der Waals surface area contributed by atoms with Crippen LogP contribution in [0, 0.1) is 0 Å². The third-order valence-electron chi connectivity index (χ3n) is 6.97. The topological polar surface area (TPSA) is 20.5 Å². The second-order valence-electron chi connectivity index (χ2n) is 9.32. The lowest BCUT2D eigenvalue weighted by Gasteiger charge is -2.25. The first-order valence-corrected chi connectivity index (χ1v) is 12.8. The van der Waals surface area contributed by atoms with Crippen LogP contribution in [0.1, 0.15) is 0 Å². The Morgan fingerprint density at radius 1 is 0.421 bits per heavy atom. The van der Waals surface area contributed by atoms with E-state index >= 15 is 0 Å². The standard InChI is InChI=1S/C35H25N3/c1-4-13-28(14-5-1)35-36-34(33-25-22-26-12-10-11-19-32(26)38(33)35)27-20-23-31(24-21-27)37(29-15-6-2-7-16-29)30-17-8-3-9-18-30/h1-25H. The fourth-order valence-electron chi connectivity index (χ4n) is 5.19. The van der Waals surface area contributed by atoms with Crippen LogP contribution in [0.3, 0.4) is 0 Å². The maximum Gasteiger partial charge on any atom is 0.145 e. The molecule has 2 aromatic heterocycles. The van der Waals surface area contributed by atoms with Crippen LogP contribution in [0.5, 0.6) is 0 Å². The summed E-state index contributed by atoms with van der Waals surface area (Å²) >= 11 is 0. The summed E-state index contributed by atoms with van der Waals surface area (Å²) in [6, 6.07) is 53.0. The van der Waals surface area contributed by atoms with Gasteiger partial charge < -0.3 is 4.90 Å². The fraction of sp³-hybridized carbons (Fsp3) is 0. The maximum atomic E-state index is 5.22. The van der Waals surface area contributed by atoms with Gasteiger partial charge in [-0.05, 0) is 53.9 Å². The Labute approximate surface area is 221 Å². The van der Waals surface area contributed by atoms with E-state index in [0.29, 0.717) is 0 Å². The fourth-order valence-corrected chi connectivity index (χ4v) is 5.19. The Hall–Kier alpha value is -5.15. The quantitative estimate of drug-likeness (QED) is 0.241. The van der Waals surface area contributed by atoms with Crippen molar-refractivity contribution in [2.24, 2.45) is 0 Å². The van der Waals surface area contributed by atoms with Crippen molar-refractivity contribution in [1.29, 1.82) is 0 Å². The Kier molecular flexibility index (Phi) is 5.45. The van der Waals surface area contributed by atoms with Gasteiger partial charge in [0.15, 0.2) is 0 Å². The highest BCUT2D eigenvalue weighted by atomic mass is 15.1. The molecule has 0 aliphatic heterocycles. The van der Waals surface area contributed by atoms with Gasteiger partial charge in [0.1, 0.15) is 5.82 Å². The highest BCUT2D eigenvalue weighted by Crippen LogP contribution is 2.37. The molecule has 0 N–H and O–H groups in total. The zero-order chi connectivity index (χ0) is 25.3. The number of anilines is 3. The molecule has 0 saturated carbocycles. The molecule has 2 heterocycles. The van der Waals surface area contributed by atoms with Crippen LogP contribution < -0.4 is 4.90 Å². The first-order chi connectivity index (χ1) is 18.9. The molecule has 7 rings (SSSR count). The van der Waals surface area contributed by atoms with E-state index in [1.807, 2.05) is 18.2 Å². The van der Waals surface area contributed by atoms with Gasteiger partial charge >= 0.3 is 0 Å². The van der Waals surface area contributed by atoms with Crippen LogP contribution in [0.25, 0.3) is 39.1 Å². The largest absolute Gasteiger partial charge is 0.311 e. The minimum Gasteiger partial charge on any atom is -0.311 e. The number of imidazole rings is 1. The van der Waals surface area contributed by atoms with Crippen LogP contribution >= 0.6 is 0 Å². The van der Waals surface area contributed by atoms with Gasteiger partial charge in [0.25, 0.3) is 0 Å². The molecule has 0 amide bonds. The van der Waals surface area contributed by atoms with Crippen LogP contribution in [-0.2, 0) is 0 Å². The summed E-state index contributed by atoms with van der Waals surface area (Å²) in [5, 5.41) is 1.19. The van der Waals surface area contributed by atoms with E-state index in [1.54, 1.807) is 0 Å². The molecule has 5 aromatic carbocycles. The summed E-state index contributed by atoms with van der Waals surface area (Å²) in [6.07, 6.45) is 0. The van der Waals surface area contributed by atoms with E-state index in [1.165, 1.54) is 5.39 Å². The molecule has 3 nitrogen and oxygen atoms in total. The highest BCUT2D eigenvalue weighted by Gasteiger charge is 2.17. The minimum absolute atomic E-state index is 0.951. The Morgan fingerprint density at radius 3 is 1.63 bits per heavy atom. The van der Waals surface area contributed by atoms with Gasteiger partial charge in [-0.1, -0.05) is 103 Å². The molecule has 0 fully saturated rings. The predicted octanol–water partition coefficient (Wildman–Crippen LogP) is 9.29. The van der Waals surface area contributed by atoms with Crippen molar-refractivity contribution < 1.29 is 0 Å². The number of hydrogen-bond acceptors (Lipinski definition) is 2. The molecule has 0 aliphatic carbocycles. The predicted molar refractivity (Wildman–Crippen MR) is 158 cm³/mol. The summed E-state index contributed by atoms with van der Waals surface area (Å²) in [6.45, 7) is 0. The Balaban J connectivity index is 1.39. The molecule has 7 aromatic rings. The molecule has 0 unspecified atom stereocenters. The summed E-state index contributed by atoms with van der Waals surface area (Å²) < 4.78 is 2.29. The van der Waals surface area contributed by atoms with Gasteiger partial charge in [0, 0.05) is 28.2 Å². The number of hydrogen-bond donors (Lipinski definition) is 0. The summed E-state index contributed by atoms with van der Waals surface area (Å²) in [7, 11) is 0. The summed E-state index contributed by atoms with van der Waals surface area (Å²) in [5.74, 6) is 0.951. The third kappa shape index (κ3) is 3.82. The van der Waals surface area contributed by atoms with Gasteiger partial charge in [-0.25, -0.2) is 4.98 Å². The molecular formula is C35H25N3. The molecular weight excluding hydrogens is 462 g/mol. The van der Waals surface area contributed by atoms with Gasteiger partial charge in [-0.2, -0.15) is 0 Å². The number of para-hydroxylation sites is 3. The molecule has 0 radical (unpaired) electrons. The second kappa shape index (κ2) is 9.38. The molecule has 0 spiro atoms. The molecule has 0 bridgehead atoms. The van der Waals surface area contributed by atoms with Crippen LogP contribution in [0.4, 0.5) is 17.1 Å². The normalized spacial score (nSPS) is 11.2. The molecule has 38 heavy (non-hydrogen) atoms. The van der Waals surface area contributed by atoms with Gasteiger partial charge in [-0.3, -0.25) is 4.40 Å². The average Bonchev–Trinajstić information content (AvgIpc) is 3.40. The number of pyridine rings is 1. The third-order valence-corrected chi connectivity index (χ3v) is 6.97. The van der Waals surface area contributed by atoms with Crippen molar-refractivity contribution in [2.75, 3.05) is 4.90 Å². The van der Waals surface area contributed by atoms with Gasteiger partial charge in [0.05, 0.1) is 16.7 Å². The lowest BCUT2D eigenvalue weighted by atomic mass is 10.1. The minimum atomic E-state index is 0.951. The van der Waals surface area contributed by atoms with E-state index in [-0.39, 0.29) is 0 Å². The lowest BCUT2D eigenvalue weighted by molar-refractivity contribution is 1.22. The van der Waals surface area contributed by atoms with Crippen LogP contribution in [0.15, 0.2) is 152 Å². The highest BCUT2D eigenvalue weighted by molar-refractivity contribution is 5.91. The number of fused-ring (bicyclic) bond motifs is 3. The number of benzene rings is 5. The molecule has 0 saturated heterocycles. The monoisotopic (exact) mass is 487 g/mol. The van der Waals surface area contributed by atoms with Crippen molar-refractivity contribution >= 4 is 33.5 Å². The average molecular weight is 488 g/mol. The second-order valence-corrected chi connectivity index (χ2v) is 9.32. The molecule has 3 heteroatoms. The van der Waals surface area contributed by atoms with Crippen LogP contribution in [-0.4, -0.2) is 9.38 Å². The van der Waals surface area contributed by atoms with E-state index < -0.39 is 0 Å². The smallest absolute Gasteiger partial charge is 0.145 e. The van der Waals surface area contributed by atoms with Crippen molar-refractivity contribution in [3.8, 4) is 22.6 Å². The Morgan fingerprint density at radius 2 is 0.974 bits per heavy atom.